The van der Waals surface area contributed by atoms with Gasteiger partial charge in [-0.05, 0) is 42.0 Å². The number of nitrogens with zero attached hydrogens (tertiary/aromatic N) is 1. The Morgan fingerprint density at radius 1 is 1.09 bits per heavy atom. The molecule has 3 aromatic rings. The van der Waals surface area contributed by atoms with Gasteiger partial charge in [0.15, 0.2) is 0 Å². The molecule has 3 aromatic carbocycles. The van der Waals surface area contributed by atoms with Crippen LogP contribution in [0.3, 0.4) is 0 Å². The Kier molecular flexibility index (Phi) is 7.99. The molecule has 1 N–H and O–H groups in total. The molecule has 0 bridgehead atoms. The second-order valence-electron chi connectivity index (χ2n) is 8.31. The number of benzene rings is 3. The van der Waals surface area contributed by atoms with Gasteiger partial charge in [-0.25, -0.2) is 12.7 Å². The van der Waals surface area contributed by atoms with Crippen molar-refractivity contribution >= 4 is 49.9 Å². The fourth-order valence-electron chi connectivity index (χ4n) is 4.14. The van der Waals surface area contributed by atoms with Gasteiger partial charge in [-0.15, -0.1) is 0 Å². The number of sulfonamides is 1. The number of hydrogen-bond donors (Lipinski definition) is 1. The third kappa shape index (κ3) is 6.02. The number of carbonyl (C=O) groups is 1. The van der Waals surface area contributed by atoms with Gasteiger partial charge in [0.25, 0.3) is 0 Å². The van der Waals surface area contributed by atoms with Gasteiger partial charge in [0, 0.05) is 28.5 Å². The number of halogens is 2. The van der Waals surface area contributed by atoms with Crippen LogP contribution < -0.4 is 10.1 Å². The average Bonchev–Trinajstić information content (AvgIpc) is 2.83. The second-order valence-corrected chi connectivity index (χ2v) is 11.1. The molecule has 6 nitrogen and oxygen atoms in total. The first-order chi connectivity index (χ1) is 16.3. The summed E-state index contributed by atoms with van der Waals surface area (Å²) in [6.45, 7) is 1.21. The minimum atomic E-state index is -3.62. The van der Waals surface area contributed by atoms with E-state index in [1.54, 1.807) is 12.1 Å². The van der Waals surface area contributed by atoms with Gasteiger partial charge in [-0.1, -0.05) is 65.7 Å². The molecule has 180 valence electrons. The Morgan fingerprint density at radius 3 is 2.71 bits per heavy atom. The number of nitrogens with one attached hydrogen (secondary N) is 1. The lowest BCUT2D eigenvalue weighted by Crippen LogP contribution is -2.46. The van der Waals surface area contributed by atoms with Crippen molar-refractivity contribution in [2.24, 2.45) is 5.92 Å². The van der Waals surface area contributed by atoms with E-state index >= 15 is 0 Å². The Morgan fingerprint density at radius 2 is 1.88 bits per heavy atom. The molecular weight excluding hydrogens is 495 g/mol. The minimum absolute atomic E-state index is 0.156. The highest BCUT2D eigenvalue weighted by Gasteiger charge is 2.32. The zero-order valence-corrected chi connectivity index (χ0v) is 20.9. The number of fused-ring (bicyclic) bond motifs is 1. The van der Waals surface area contributed by atoms with E-state index in [0.717, 1.165) is 16.5 Å². The number of ether oxygens (including phenoxy) is 1. The molecule has 1 aliphatic heterocycles. The van der Waals surface area contributed by atoms with E-state index < -0.39 is 15.9 Å². The lowest BCUT2D eigenvalue weighted by molar-refractivity contribution is -0.126. The summed E-state index contributed by atoms with van der Waals surface area (Å²) in [7, 11) is -3.62. The zero-order valence-electron chi connectivity index (χ0n) is 18.5. The van der Waals surface area contributed by atoms with E-state index in [9.17, 15) is 13.2 Å². The highest BCUT2D eigenvalue weighted by Crippen LogP contribution is 2.27. The molecule has 34 heavy (non-hydrogen) atoms. The highest BCUT2D eigenvalue weighted by atomic mass is 35.5. The second kappa shape index (κ2) is 11.0. The predicted molar refractivity (Wildman–Crippen MR) is 136 cm³/mol. The third-order valence-corrected chi connectivity index (χ3v) is 8.29. The van der Waals surface area contributed by atoms with Crippen molar-refractivity contribution in [1.82, 2.24) is 9.62 Å². The topological polar surface area (TPSA) is 75.7 Å². The normalized spacial score (nSPS) is 16.9. The molecule has 1 heterocycles. The lowest BCUT2D eigenvalue weighted by Gasteiger charge is -2.31. The quantitative estimate of drug-likeness (QED) is 0.429. The van der Waals surface area contributed by atoms with Crippen LogP contribution in [0.2, 0.25) is 10.0 Å². The van der Waals surface area contributed by atoms with Gasteiger partial charge in [-0.2, -0.15) is 0 Å². The summed E-state index contributed by atoms with van der Waals surface area (Å²) < 4.78 is 33.2. The summed E-state index contributed by atoms with van der Waals surface area (Å²) in [6, 6.07) is 18.6. The first kappa shape index (κ1) is 24.8. The average molecular weight is 521 g/mol. The number of carbonyl (C=O) groups excluding carboxylic acids is 1. The van der Waals surface area contributed by atoms with Crippen molar-refractivity contribution in [3.8, 4) is 5.75 Å². The molecule has 1 saturated heterocycles. The molecule has 1 atom stereocenters. The predicted octanol–water partition coefficient (Wildman–Crippen LogP) is 4.88. The van der Waals surface area contributed by atoms with Crippen molar-refractivity contribution in [2.75, 3.05) is 26.2 Å². The van der Waals surface area contributed by atoms with Crippen LogP contribution in [0.15, 0.2) is 60.7 Å². The molecule has 1 fully saturated rings. The van der Waals surface area contributed by atoms with E-state index in [2.05, 4.69) is 5.32 Å². The van der Waals surface area contributed by atoms with Crippen LogP contribution in [0.4, 0.5) is 0 Å². The highest BCUT2D eigenvalue weighted by molar-refractivity contribution is 7.88. The number of amides is 1. The van der Waals surface area contributed by atoms with Crippen molar-refractivity contribution in [2.45, 2.75) is 18.6 Å². The molecule has 0 aliphatic carbocycles. The maximum Gasteiger partial charge on any atom is 0.224 e. The number of rotatable bonds is 8. The van der Waals surface area contributed by atoms with Crippen molar-refractivity contribution in [3.05, 3.63) is 76.3 Å². The molecule has 0 radical (unpaired) electrons. The SMILES string of the molecule is O=C(NCCOc1cccc2ccccc12)[C@H]1CCCN(S(=O)(=O)Cc2ccc(Cl)cc2Cl)C1. The van der Waals surface area contributed by atoms with Gasteiger partial charge < -0.3 is 10.1 Å². The largest absolute Gasteiger partial charge is 0.491 e. The van der Waals surface area contributed by atoms with Gasteiger partial charge in [0.05, 0.1) is 18.2 Å². The first-order valence-electron chi connectivity index (χ1n) is 11.1. The van der Waals surface area contributed by atoms with Crippen LogP contribution in [0.5, 0.6) is 5.75 Å². The molecule has 0 unspecified atom stereocenters. The number of piperidine rings is 1. The Bertz CT molecular complexity index is 1280. The van der Waals surface area contributed by atoms with Crippen molar-refractivity contribution < 1.29 is 17.9 Å². The van der Waals surface area contributed by atoms with E-state index in [1.807, 2.05) is 42.5 Å². The van der Waals surface area contributed by atoms with E-state index in [1.165, 1.54) is 10.4 Å². The molecule has 1 aliphatic rings. The standard InChI is InChI=1S/C25H26Cl2N2O4S/c26-21-11-10-20(23(27)15-21)17-34(31,32)29-13-4-7-19(16-29)25(30)28-12-14-33-24-9-3-6-18-5-1-2-8-22(18)24/h1-3,5-6,8-11,15,19H,4,7,12-14,16-17H2,(H,28,30)/t19-/m0/s1. The first-order valence-corrected chi connectivity index (χ1v) is 13.5. The van der Waals surface area contributed by atoms with Crippen LogP contribution in [0.25, 0.3) is 10.8 Å². The van der Waals surface area contributed by atoms with Crippen LogP contribution >= 0.6 is 23.2 Å². The summed E-state index contributed by atoms with van der Waals surface area (Å²) in [5, 5.41) is 5.76. The fraction of sp³-hybridized carbons (Fsp3) is 0.320. The van der Waals surface area contributed by atoms with E-state index in [0.29, 0.717) is 48.1 Å². The molecular formula is C25H26Cl2N2O4S. The third-order valence-electron chi connectivity index (χ3n) is 5.91. The molecule has 0 aromatic heterocycles. The van der Waals surface area contributed by atoms with Crippen LogP contribution in [0.1, 0.15) is 18.4 Å². The smallest absolute Gasteiger partial charge is 0.224 e. The van der Waals surface area contributed by atoms with Gasteiger partial charge in [0.1, 0.15) is 12.4 Å². The van der Waals surface area contributed by atoms with Crippen LogP contribution in [0, 0.1) is 5.92 Å². The monoisotopic (exact) mass is 520 g/mol. The number of hydrogen-bond acceptors (Lipinski definition) is 4. The maximum atomic E-state index is 13.0. The van der Waals surface area contributed by atoms with Gasteiger partial charge >= 0.3 is 0 Å². The van der Waals surface area contributed by atoms with Crippen LogP contribution in [-0.4, -0.2) is 44.9 Å². The van der Waals surface area contributed by atoms with Gasteiger partial charge in [-0.3, -0.25) is 4.79 Å². The molecule has 0 saturated carbocycles. The Labute approximate surface area is 209 Å². The fourth-order valence-corrected chi connectivity index (χ4v) is 6.33. The zero-order chi connectivity index (χ0) is 24.1. The van der Waals surface area contributed by atoms with E-state index in [-0.39, 0.29) is 18.2 Å². The van der Waals surface area contributed by atoms with Crippen molar-refractivity contribution in [3.63, 3.8) is 0 Å². The van der Waals surface area contributed by atoms with Gasteiger partial charge in [0.2, 0.25) is 15.9 Å². The Balaban J connectivity index is 1.29. The summed E-state index contributed by atoms with van der Waals surface area (Å²) >= 11 is 12.1. The summed E-state index contributed by atoms with van der Waals surface area (Å²) in [5.74, 6) is -0.0215. The lowest BCUT2D eigenvalue weighted by atomic mass is 9.99. The Hall–Kier alpha value is -2.32. The van der Waals surface area contributed by atoms with Crippen molar-refractivity contribution in [1.29, 1.82) is 0 Å². The molecule has 4 rings (SSSR count). The summed E-state index contributed by atoms with van der Waals surface area (Å²) in [4.78, 5) is 12.7. The minimum Gasteiger partial charge on any atom is -0.491 e. The van der Waals surface area contributed by atoms with Crippen LogP contribution in [-0.2, 0) is 20.6 Å². The van der Waals surface area contributed by atoms with E-state index in [4.69, 9.17) is 27.9 Å². The molecule has 0 spiro atoms. The molecule has 9 heteroatoms. The maximum absolute atomic E-state index is 13.0. The molecule has 1 amide bonds. The summed E-state index contributed by atoms with van der Waals surface area (Å²) in [5.41, 5.74) is 0.489. The summed E-state index contributed by atoms with van der Waals surface area (Å²) in [6.07, 6.45) is 1.27.